The maximum absolute atomic E-state index is 11.1. The van der Waals surface area contributed by atoms with Gasteiger partial charge >= 0.3 is 0 Å². The number of carbonyl (C=O) groups is 1. The summed E-state index contributed by atoms with van der Waals surface area (Å²) in [6.07, 6.45) is 8.16. The van der Waals surface area contributed by atoms with E-state index in [1.807, 2.05) is 0 Å². The van der Waals surface area contributed by atoms with E-state index in [0.717, 1.165) is 6.42 Å². The molecule has 2 nitrogen and oxygen atoms in total. The standard InChI is InChI=1S/C10H13NO/c1-7-2-3-8-4-5-10(12)11-9(8)6-7/h2-3,6,8-9H,4-5H2,1H3,(H,11,12). The predicted octanol–water partition coefficient (Wildman–Crippen LogP) is 1.40. The first kappa shape index (κ1) is 7.59. The summed E-state index contributed by atoms with van der Waals surface area (Å²) in [4.78, 5) is 11.1. The Bertz CT molecular complexity index is 265. The van der Waals surface area contributed by atoms with Gasteiger partial charge in [0.05, 0.1) is 6.04 Å². The zero-order chi connectivity index (χ0) is 8.55. The molecule has 2 unspecified atom stereocenters. The minimum absolute atomic E-state index is 0.190. The number of rotatable bonds is 0. The SMILES string of the molecule is CC1=CC2NC(=O)CCC2C=C1. The highest BCUT2D eigenvalue weighted by Crippen LogP contribution is 2.24. The van der Waals surface area contributed by atoms with Crippen molar-refractivity contribution >= 4 is 5.91 Å². The van der Waals surface area contributed by atoms with Crippen LogP contribution < -0.4 is 5.32 Å². The second-order valence-electron chi connectivity index (χ2n) is 3.57. The van der Waals surface area contributed by atoms with Gasteiger partial charge in [-0.25, -0.2) is 0 Å². The first-order valence-corrected chi connectivity index (χ1v) is 4.42. The van der Waals surface area contributed by atoms with Crippen LogP contribution in [0, 0.1) is 5.92 Å². The Morgan fingerprint density at radius 2 is 2.42 bits per heavy atom. The molecular formula is C10H13NO. The lowest BCUT2D eigenvalue weighted by molar-refractivity contribution is -0.123. The fraction of sp³-hybridized carbons (Fsp3) is 0.500. The van der Waals surface area contributed by atoms with Crippen LogP contribution in [0.4, 0.5) is 0 Å². The molecule has 0 aromatic carbocycles. The summed E-state index contributed by atoms with van der Waals surface area (Å²) in [5, 5.41) is 2.98. The monoisotopic (exact) mass is 163 g/mol. The van der Waals surface area contributed by atoms with Gasteiger partial charge in [0, 0.05) is 12.3 Å². The lowest BCUT2D eigenvalue weighted by Crippen LogP contribution is -2.43. The summed E-state index contributed by atoms with van der Waals surface area (Å²) < 4.78 is 0. The summed E-state index contributed by atoms with van der Waals surface area (Å²) in [6.45, 7) is 2.06. The van der Waals surface area contributed by atoms with E-state index in [0.29, 0.717) is 12.3 Å². The van der Waals surface area contributed by atoms with Crippen molar-refractivity contribution in [3.05, 3.63) is 23.8 Å². The number of carbonyl (C=O) groups excluding carboxylic acids is 1. The highest BCUT2D eigenvalue weighted by atomic mass is 16.1. The molecule has 0 radical (unpaired) electrons. The normalized spacial score (nSPS) is 33.8. The van der Waals surface area contributed by atoms with Crippen LogP contribution in [-0.2, 0) is 4.79 Å². The molecule has 0 saturated carbocycles. The Hall–Kier alpha value is -1.05. The summed E-state index contributed by atoms with van der Waals surface area (Å²) >= 11 is 0. The van der Waals surface area contributed by atoms with Crippen molar-refractivity contribution in [1.82, 2.24) is 5.32 Å². The molecule has 1 aliphatic heterocycles. The number of allylic oxidation sites excluding steroid dienone is 2. The van der Waals surface area contributed by atoms with E-state index in [4.69, 9.17) is 0 Å². The van der Waals surface area contributed by atoms with Gasteiger partial charge in [0.15, 0.2) is 0 Å². The molecule has 1 N–H and O–H groups in total. The molecule has 1 heterocycles. The van der Waals surface area contributed by atoms with E-state index in [-0.39, 0.29) is 11.9 Å². The quantitative estimate of drug-likeness (QED) is 0.574. The predicted molar refractivity (Wildman–Crippen MR) is 47.6 cm³/mol. The fourth-order valence-electron chi connectivity index (χ4n) is 1.84. The number of nitrogens with one attached hydrogen (secondary N) is 1. The molecule has 1 aliphatic carbocycles. The number of fused-ring (bicyclic) bond motifs is 1. The van der Waals surface area contributed by atoms with Crippen molar-refractivity contribution in [3.63, 3.8) is 0 Å². The van der Waals surface area contributed by atoms with Gasteiger partial charge in [-0.1, -0.05) is 23.8 Å². The summed E-state index contributed by atoms with van der Waals surface area (Å²) in [6, 6.07) is 0.260. The number of amides is 1. The summed E-state index contributed by atoms with van der Waals surface area (Å²) in [5.41, 5.74) is 1.25. The van der Waals surface area contributed by atoms with E-state index >= 15 is 0 Å². The molecular weight excluding hydrogens is 150 g/mol. The van der Waals surface area contributed by atoms with Crippen molar-refractivity contribution < 1.29 is 4.79 Å². The third-order valence-electron chi connectivity index (χ3n) is 2.54. The maximum atomic E-state index is 11.1. The highest BCUT2D eigenvalue weighted by molar-refractivity contribution is 5.77. The zero-order valence-corrected chi connectivity index (χ0v) is 7.21. The number of hydrogen-bond acceptors (Lipinski definition) is 1. The number of hydrogen-bond donors (Lipinski definition) is 1. The Morgan fingerprint density at radius 3 is 3.25 bits per heavy atom. The molecule has 0 bridgehead atoms. The lowest BCUT2D eigenvalue weighted by atomic mass is 9.85. The van der Waals surface area contributed by atoms with Crippen LogP contribution in [0.25, 0.3) is 0 Å². The topological polar surface area (TPSA) is 29.1 Å². The van der Waals surface area contributed by atoms with Gasteiger partial charge in [0.2, 0.25) is 5.91 Å². The average molecular weight is 163 g/mol. The third-order valence-corrected chi connectivity index (χ3v) is 2.54. The first-order chi connectivity index (χ1) is 5.75. The van der Waals surface area contributed by atoms with Crippen LogP contribution in [0.3, 0.4) is 0 Å². The first-order valence-electron chi connectivity index (χ1n) is 4.42. The van der Waals surface area contributed by atoms with Gasteiger partial charge in [-0.15, -0.1) is 0 Å². The van der Waals surface area contributed by atoms with Crippen molar-refractivity contribution in [2.24, 2.45) is 5.92 Å². The van der Waals surface area contributed by atoms with Gasteiger partial charge in [-0.2, -0.15) is 0 Å². The Labute approximate surface area is 72.3 Å². The van der Waals surface area contributed by atoms with Crippen LogP contribution >= 0.6 is 0 Å². The van der Waals surface area contributed by atoms with Gasteiger partial charge in [-0.05, 0) is 13.3 Å². The fourth-order valence-corrected chi connectivity index (χ4v) is 1.84. The van der Waals surface area contributed by atoms with E-state index in [1.165, 1.54) is 5.57 Å². The van der Waals surface area contributed by atoms with Crippen LogP contribution in [0.15, 0.2) is 23.8 Å². The molecule has 2 atom stereocenters. The minimum atomic E-state index is 0.190. The van der Waals surface area contributed by atoms with Crippen molar-refractivity contribution in [2.45, 2.75) is 25.8 Å². The van der Waals surface area contributed by atoms with Gasteiger partial charge in [0.1, 0.15) is 0 Å². The smallest absolute Gasteiger partial charge is 0.220 e. The Morgan fingerprint density at radius 1 is 1.58 bits per heavy atom. The largest absolute Gasteiger partial charge is 0.349 e. The van der Waals surface area contributed by atoms with Crippen molar-refractivity contribution in [2.75, 3.05) is 0 Å². The second kappa shape index (κ2) is 2.77. The van der Waals surface area contributed by atoms with Crippen molar-refractivity contribution in [1.29, 1.82) is 0 Å². The Kier molecular flexibility index (Phi) is 1.75. The lowest BCUT2D eigenvalue weighted by Gasteiger charge is -2.30. The van der Waals surface area contributed by atoms with E-state index in [9.17, 15) is 4.79 Å². The van der Waals surface area contributed by atoms with E-state index < -0.39 is 0 Å². The summed E-state index contributed by atoms with van der Waals surface area (Å²) in [7, 11) is 0. The minimum Gasteiger partial charge on any atom is -0.349 e. The van der Waals surface area contributed by atoms with Crippen molar-refractivity contribution in [3.8, 4) is 0 Å². The average Bonchev–Trinajstić information content (AvgIpc) is 2.03. The van der Waals surface area contributed by atoms with Gasteiger partial charge < -0.3 is 5.32 Å². The zero-order valence-electron chi connectivity index (χ0n) is 7.21. The molecule has 2 rings (SSSR count). The molecule has 1 fully saturated rings. The number of piperidine rings is 1. The molecule has 1 amide bonds. The van der Waals surface area contributed by atoms with E-state index in [2.05, 4.69) is 30.5 Å². The molecule has 1 saturated heterocycles. The van der Waals surface area contributed by atoms with Gasteiger partial charge in [0.25, 0.3) is 0 Å². The van der Waals surface area contributed by atoms with Crippen LogP contribution in [0.5, 0.6) is 0 Å². The molecule has 0 aromatic heterocycles. The van der Waals surface area contributed by atoms with E-state index in [1.54, 1.807) is 0 Å². The molecule has 2 heteroatoms. The van der Waals surface area contributed by atoms with Gasteiger partial charge in [-0.3, -0.25) is 4.79 Å². The van der Waals surface area contributed by atoms with Crippen LogP contribution in [0.1, 0.15) is 19.8 Å². The summed E-state index contributed by atoms with van der Waals surface area (Å²) in [5.74, 6) is 0.724. The second-order valence-corrected chi connectivity index (χ2v) is 3.57. The highest BCUT2D eigenvalue weighted by Gasteiger charge is 2.26. The maximum Gasteiger partial charge on any atom is 0.220 e. The third kappa shape index (κ3) is 1.29. The molecule has 0 aromatic rings. The molecule has 12 heavy (non-hydrogen) atoms. The van der Waals surface area contributed by atoms with Crippen LogP contribution in [-0.4, -0.2) is 11.9 Å². The Balaban J connectivity index is 2.16. The molecule has 2 aliphatic rings. The molecule has 0 spiro atoms. The molecule has 64 valence electrons. The van der Waals surface area contributed by atoms with Crippen LogP contribution in [0.2, 0.25) is 0 Å².